The number of nitrogens with zero attached hydrogens (tertiary/aromatic N) is 2. The molecule has 16 heteroatoms. The Hall–Kier alpha value is -2.21. The molecule has 0 unspecified atom stereocenters. The Bertz CT molecular complexity index is 1560. The lowest BCUT2D eigenvalue weighted by atomic mass is 10.1. The van der Waals surface area contributed by atoms with E-state index in [1.165, 1.54) is 23.8 Å². The second kappa shape index (κ2) is 16.9. The molecule has 1 fully saturated rings. The zero-order valence-electron chi connectivity index (χ0n) is 33.0. The molecule has 0 radical (unpaired) electrons. The number of amides is 1. The summed E-state index contributed by atoms with van der Waals surface area (Å²) in [6, 6.07) is 9.09. The van der Waals surface area contributed by atoms with Crippen molar-refractivity contribution in [1.82, 2.24) is 14.9 Å². The number of methoxy groups -OCH3 is 1. The zero-order valence-corrected chi connectivity index (χ0v) is 35.9. The number of hydrogen-bond donors (Lipinski definition) is 2. The first-order valence-electron chi connectivity index (χ1n) is 17.6. The molecule has 1 aromatic heterocycles. The zero-order chi connectivity index (χ0) is 38.6. The van der Waals surface area contributed by atoms with Crippen LogP contribution in [0.3, 0.4) is 0 Å². The van der Waals surface area contributed by atoms with Crippen LogP contribution in [0.4, 0.5) is 5.82 Å². The maximum absolute atomic E-state index is 14.9. The topological polar surface area (TPSA) is 148 Å². The maximum Gasteiger partial charge on any atom is 0.351 e. The number of hydrogen-bond acceptors (Lipinski definition) is 11. The van der Waals surface area contributed by atoms with E-state index in [0.29, 0.717) is 5.75 Å². The van der Waals surface area contributed by atoms with Gasteiger partial charge in [0.15, 0.2) is 22.9 Å². The van der Waals surface area contributed by atoms with Crippen molar-refractivity contribution < 1.29 is 36.7 Å². The number of anilines is 1. The summed E-state index contributed by atoms with van der Waals surface area (Å²) < 4.78 is 55.0. The van der Waals surface area contributed by atoms with Crippen molar-refractivity contribution >= 4 is 36.0 Å². The van der Waals surface area contributed by atoms with Crippen LogP contribution in [0.15, 0.2) is 41.3 Å². The lowest BCUT2D eigenvalue weighted by molar-refractivity contribution is -0.114. The molecule has 13 nitrogen and oxygen atoms in total. The van der Waals surface area contributed by atoms with Crippen LogP contribution in [0.1, 0.15) is 74.1 Å². The monoisotopic (exact) mass is 768 g/mol. The summed E-state index contributed by atoms with van der Waals surface area (Å²) >= 11 is 0. The van der Waals surface area contributed by atoms with E-state index >= 15 is 0 Å². The Morgan fingerprint density at radius 1 is 0.941 bits per heavy atom. The molecule has 1 saturated heterocycles. The molecule has 0 aliphatic carbocycles. The summed E-state index contributed by atoms with van der Waals surface area (Å²) in [6.45, 7) is 26.8. The SMILES string of the molecule is CCOP(=O)(OCC)[C@@H](NCc1ccc(OC)cc1)[C@H]1O[C@@H](n2ccc(NC(C)=O)nc2=O)[C@@H](O[Si](C)(C)C(C)(C)C)[C@@H]1O[Si](C)(C)C(C)(C)C. The number of carbonyl (C=O) groups excluding carboxylic acids is 1. The van der Waals surface area contributed by atoms with Crippen molar-refractivity contribution in [2.45, 2.75) is 135 Å². The van der Waals surface area contributed by atoms with Crippen molar-refractivity contribution in [1.29, 1.82) is 0 Å². The second-order valence-electron chi connectivity index (χ2n) is 15.9. The molecule has 2 heterocycles. The Morgan fingerprint density at radius 3 is 1.92 bits per heavy atom. The lowest BCUT2D eigenvalue weighted by Crippen LogP contribution is -2.56. The van der Waals surface area contributed by atoms with Crippen molar-refractivity contribution in [3.8, 4) is 5.75 Å². The van der Waals surface area contributed by atoms with E-state index in [2.05, 4.69) is 83.3 Å². The smallest absolute Gasteiger partial charge is 0.351 e. The predicted molar refractivity (Wildman–Crippen MR) is 205 cm³/mol. The van der Waals surface area contributed by atoms with Gasteiger partial charge in [-0.25, -0.2) is 4.79 Å². The van der Waals surface area contributed by atoms with Gasteiger partial charge in [-0.05, 0) is 73.9 Å². The van der Waals surface area contributed by atoms with Crippen LogP contribution in [0, 0.1) is 0 Å². The van der Waals surface area contributed by atoms with Gasteiger partial charge in [-0.3, -0.25) is 19.2 Å². The third kappa shape index (κ3) is 10.5. The van der Waals surface area contributed by atoms with Gasteiger partial charge < -0.3 is 32.7 Å². The lowest BCUT2D eigenvalue weighted by Gasteiger charge is -2.45. The summed E-state index contributed by atoms with van der Waals surface area (Å²) in [5.74, 6) is -0.562. The normalized spacial score (nSPS) is 21.1. The van der Waals surface area contributed by atoms with Crippen LogP contribution in [-0.4, -0.2) is 76.5 Å². The molecule has 0 bridgehead atoms. The van der Waals surface area contributed by atoms with Gasteiger partial charge in [0.2, 0.25) is 5.91 Å². The van der Waals surface area contributed by atoms with E-state index in [-0.39, 0.29) is 41.6 Å². The first-order chi connectivity index (χ1) is 23.5. The highest BCUT2D eigenvalue weighted by Crippen LogP contribution is 2.57. The van der Waals surface area contributed by atoms with E-state index in [9.17, 15) is 14.2 Å². The molecule has 0 saturated carbocycles. The van der Waals surface area contributed by atoms with Gasteiger partial charge in [-0.2, -0.15) is 4.98 Å². The molecule has 2 aromatic rings. The Balaban J connectivity index is 2.31. The van der Waals surface area contributed by atoms with Gasteiger partial charge >= 0.3 is 13.3 Å². The minimum atomic E-state index is -3.96. The van der Waals surface area contributed by atoms with Crippen LogP contribution < -0.4 is 21.1 Å². The predicted octanol–water partition coefficient (Wildman–Crippen LogP) is 7.27. The molecule has 1 aliphatic rings. The standard InChI is InChI=1S/C35H61N4O9PSi2/c1-15-44-49(42,45-16-2)31(36-23-25-17-19-26(43-10)20-18-25)29-28(47-50(11,12)34(4,5)6)30(48-51(13,14)35(7,8)9)32(46-29)39-22-21-27(37-24(3)40)38-33(39)41/h17-22,28-32,36H,15-16,23H2,1-14H3,(H,37,38,40,41)/t28-,29+,30+,31-,32-/m1/s1. The molecule has 1 amide bonds. The van der Waals surface area contributed by atoms with E-state index < -0.39 is 60.2 Å². The third-order valence-electron chi connectivity index (χ3n) is 10.1. The Kier molecular flexibility index (Phi) is 14.3. The fourth-order valence-corrected chi connectivity index (χ4v) is 9.84. The largest absolute Gasteiger partial charge is 0.497 e. The third-order valence-corrected chi connectivity index (χ3v) is 21.4. The molecular weight excluding hydrogens is 708 g/mol. The maximum atomic E-state index is 14.9. The van der Waals surface area contributed by atoms with Gasteiger partial charge in [0.1, 0.15) is 35.7 Å². The molecule has 5 atom stereocenters. The fraction of sp³-hybridized carbons (Fsp3) is 0.686. The average molecular weight is 769 g/mol. The summed E-state index contributed by atoms with van der Waals surface area (Å²) in [5, 5.41) is 5.61. The number of aromatic nitrogens is 2. The van der Waals surface area contributed by atoms with Crippen LogP contribution in [0.2, 0.25) is 36.3 Å². The molecule has 2 N–H and O–H groups in total. The van der Waals surface area contributed by atoms with Gasteiger partial charge in [-0.1, -0.05) is 53.7 Å². The number of carbonyl (C=O) groups is 1. The molecular formula is C35H61N4O9PSi2. The summed E-state index contributed by atoms with van der Waals surface area (Å²) in [6.07, 6.45) is -2.10. The molecule has 0 spiro atoms. The first-order valence-corrected chi connectivity index (χ1v) is 25.1. The quantitative estimate of drug-likeness (QED) is 0.131. The summed E-state index contributed by atoms with van der Waals surface area (Å²) in [4.78, 5) is 29.6. The molecule has 288 valence electrons. The highest BCUT2D eigenvalue weighted by molar-refractivity contribution is 7.54. The van der Waals surface area contributed by atoms with Crippen molar-refractivity contribution in [3.05, 3.63) is 52.6 Å². The van der Waals surface area contributed by atoms with Gasteiger partial charge in [-0.15, -0.1) is 0 Å². The molecule has 3 rings (SSSR count). The van der Waals surface area contributed by atoms with E-state index in [0.717, 1.165) is 5.56 Å². The van der Waals surface area contributed by atoms with Crippen LogP contribution in [0.25, 0.3) is 0 Å². The van der Waals surface area contributed by atoms with Gasteiger partial charge in [0.25, 0.3) is 0 Å². The first kappa shape index (κ1) is 43.2. The number of ether oxygens (including phenoxy) is 2. The van der Waals surface area contributed by atoms with Crippen LogP contribution in [0.5, 0.6) is 5.75 Å². The van der Waals surface area contributed by atoms with Gasteiger partial charge in [0, 0.05) is 19.7 Å². The molecule has 1 aromatic carbocycles. The summed E-state index contributed by atoms with van der Waals surface area (Å²) in [7, 11) is -7.52. The Labute approximate surface area is 306 Å². The highest BCUT2D eigenvalue weighted by Gasteiger charge is 2.59. The van der Waals surface area contributed by atoms with Crippen molar-refractivity contribution in [2.24, 2.45) is 0 Å². The minimum absolute atomic E-state index is 0.116. The number of rotatable bonds is 16. The highest BCUT2D eigenvalue weighted by atomic mass is 31.2. The minimum Gasteiger partial charge on any atom is -0.497 e. The van der Waals surface area contributed by atoms with E-state index in [1.807, 2.05) is 24.3 Å². The van der Waals surface area contributed by atoms with Crippen molar-refractivity contribution in [2.75, 3.05) is 25.6 Å². The second-order valence-corrected chi connectivity index (χ2v) is 27.6. The van der Waals surface area contributed by atoms with Crippen molar-refractivity contribution in [3.63, 3.8) is 0 Å². The van der Waals surface area contributed by atoms with Crippen LogP contribution >= 0.6 is 7.60 Å². The number of nitrogens with one attached hydrogen (secondary N) is 2. The van der Waals surface area contributed by atoms with E-state index in [1.54, 1.807) is 21.0 Å². The van der Waals surface area contributed by atoms with E-state index in [4.69, 9.17) is 27.4 Å². The molecule has 1 aliphatic heterocycles. The average Bonchev–Trinajstić information content (AvgIpc) is 3.32. The number of benzene rings is 1. The fourth-order valence-electron chi connectivity index (χ4n) is 5.22. The molecule has 51 heavy (non-hydrogen) atoms. The van der Waals surface area contributed by atoms with Gasteiger partial charge in [0.05, 0.1) is 20.3 Å². The summed E-state index contributed by atoms with van der Waals surface area (Å²) in [5.41, 5.74) is 0.252. The Morgan fingerprint density at radius 2 is 1.47 bits per heavy atom. The van der Waals surface area contributed by atoms with Crippen LogP contribution in [-0.2, 0) is 38.5 Å².